The lowest BCUT2D eigenvalue weighted by Gasteiger charge is -2.10. The first kappa shape index (κ1) is 10.1. The molecule has 0 radical (unpaired) electrons. The number of benzene rings is 1. The zero-order valence-electron chi connectivity index (χ0n) is 8.79. The Morgan fingerprint density at radius 3 is 3.07 bits per heavy atom. The van der Waals surface area contributed by atoms with Crippen LogP contribution in [0.5, 0.6) is 0 Å². The van der Waals surface area contributed by atoms with Crippen LogP contribution in [0.1, 0.15) is 24.5 Å². The van der Waals surface area contributed by atoms with Crippen LogP contribution in [0, 0.1) is 6.92 Å². The molecule has 0 fully saturated rings. The lowest BCUT2D eigenvalue weighted by atomic mass is 10.0. The van der Waals surface area contributed by atoms with Crippen LogP contribution in [0.4, 0.5) is 0 Å². The van der Waals surface area contributed by atoms with E-state index in [1.807, 2.05) is 11.8 Å². The zero-order valence-corrected chi connectivity index (χ0v) is 9.60. The Balaban J connectivity index is 2.10. The first-order chi connectivity index (χ1) is 6.65. The quantitative estimate of drug-likeness (QED) is 0.807. The minimum absolute atomic E-state index is 0.322. The van der Waals surface area contributed by atoms with Crippen LogP contribution in [0.3, 0.4) is 0 Å². The Hall–Kier alpha value is -0.470. The van der Waals surface area contributed by atoms with Gasteiger partial charge in [-0.05, 0) is 38.3 Å². The number of thioether (sulfide) groups is 1. The molecule has 1 heterocycles. The summed E-state index contributed by atoms with van der Waals surface area (Å²) < 4.78 is 0. The Morgan fingerprint density at radius 1 is 1.57 bits per heavy atom. The molecule has 0 amide bonds. The molecule has 2 unspecified atom stereocenters. The summed E-state index contributed by atoms with van der Waals surface area (Å²) >= 11 is 1.99. The van der Waals surface area contributed by atoms with Crippen LogP contribution in [0.15, 0.2) is 23.1 Å². The summed E-state index contributed by atoms with van der Waals surface area (Å²) in [5.41, 5.74) is 8.70. The second-order valence-corrected chi connectivity index (χ2v) is 5.61. The van der Waals surface area contributed by atoms with E-state index in [4.69, 9.17) is 5.73 Å². The first-order valence-corrected chi connectivity index (χ1v) is 6.05. The number of nitrogens with two attached hydrogens (primary N) is 1. The van der Waals surface area contributed by atoms with E-state index in [2.05, 4.69) is 32.0 Å². The van der Waals surface area contributed by atoms with Gasteiger partial charge in [0.15, 0.2) is 0 Å². The molecule has 2 rings (SSSR count). The monoisotopic (exact) mass is 207 g/mol. The summed E-state index contributed by atoms with van der Waals surface area (Å²) in [6.07, 6.45) is 2.32. The van der Waals surface area contributed by atoms with E-state index in [0.29, 0.717) is 11.3 Å². The Labute approximate surface area is 90.1 Å². The predicted molar refractivity (Wildman–Crippen MR) is 62.8 cm³/mol. The molecule has 0 saturated heterocycles. The first-order valence-electron chi connectivity index (χ1n) is 5.17. The number of aryl methyl sites for hydroxylation is 1. The molecule has 2 heteroatoms. The van der Waals surface area contributed by atoms with Crippen molar-refractivity contribution < 1.29 is 0 Å². The highest BCUT2D eigenvalue weighted by Gasteiger charge is 2.22. The van der Waals surface area contributed by atoms with Gasteiger partial charge in [0.05, 0.1) is 0 Å². The number of hydrogen-bond donors (Lipinski definition) is 1. The zero-order chi connectivity index (χ0) is 10.1. The van der Waals surface area contributed by atoms with Crippen LogP contribution >= 0.6 is 11.8 Å². The molecule has 0 saturated carbocycles. The minimum atomic E-state index is 0.322. The molecule has 0 spiro atoms. The third-order valence-corrected chi connectivity index (χ3v) is 3.94. The summed E-state index contributed by atoms with van der Waals surface area (Å²) in [5, 5.41) is 0.701. The third-order valence-electron chi connectivity index (χ3n) is 2.59. The van der Waals surface area contributed by atoms with Crippen LogP contribution in [-0.2, 0) is 6.42 Å². The number of rotatable bonds is 2. The second kappa shape index (κ2) is 3.95. The van der Waals surface area contributed by atoms with Gasteiger partial charge < -0.3 is 5.73 Å². The molecule has 76 valence electrons. The summed E-state index contributed by atoms with van der Waals surface area (Å²) in [6, 6.07) is 7.07. The molecular formula is C12H17NS. The maximum atomic E-state index is 5.82. The number of hydrogen-bond acceptors (Lipinski definition) is 2. The topological polar surface area (TPSA) is 26.0 Å². The van der Waals surface area contributed by atoms with Crippen LogP contribution in [0.25, 0.3) is 0 Å². The Morgan fingerprint density at radius 2 is 2.36 bits per heavy atom. The highest BCUT2D eigenvalue weighted by molar-refractivity contribution is 8.00. The van der Waals surface area contributed by atoms with Crippen LogP contribution < -0.4 is 5.73 Å². The predicted octanol–water partition coefficient (Wildman–Crippen LogP) is 2.75. The molecule has 1 nitrogen and oxygen atoms in total. The third kappa shape index (κ3) is 2.12. The standard InChI is InChI=1S/C12H17NS/c1-8-3-4-12-10(5-8)7-11(14-12)6-9(2)13/h3-5,9,11H,6-7,13H2,1-2H3. The van der Waals surface area contributed by atoms with Gasteiger partial charge in [0, 0.05) is 16.2 Å². The Kier molecular flexibility index (Phi) is 2.84. The molecular weight excluding hydrogens is 190 g/mol. The van der Waals surface area contributed by atoms with Gasteiger partial charge in [0.25, 0.3) is 0 Å². The van der Waals surface area contributed by atoms with E-state index >= 15 is 0 Å². The summed E-state index contributed by atoms with van der Waals surface area (Å²) in [4.78, 5) is 1.46. The maximum Gasteiger partial charge on any atom is 0.0150 e. The fourth-order valence-corrected chi connectivity index (χ4v) is 3.46. The van der Waals surface area contributed by atoms with E-state index in [-0.39, 0.29) is 0 Å². The van der Waals surface area contributed by atoms with Gasteiger partial charge in [0.2, 0.25) is 0 Å². The van der Waals surface area contributed by atoms with Crippen molar-refractivity contribution in [2.75, 3.05) is 0 Å². The van der Waals surface area contributed by atoms with Crippen molar-refractivity contribution in [1.29, 1.82) is 0 Å². The lowest BCUT2D eigenvalue weighted by molar-refractivity contribution is 0.642. The number of fused-ring (bicyclic) bond motifs is 1. The maximum absolute atomic E-state index is 5.82. The lowest BCUT2D eigenvalue weighted by Crippen LogP contribution is -2.20. The van der Waals surface area contributed by atoms with Crippen molar-refractivity contribution in [2.24, 2.45) is 5.73 Å². The van der Waals surface area contributed by atoms with E-state index in [1.165, 1.54) is 22.4 Å². The van der Waals surface area contributed by atoms with Crippen molar-refractivity contribution in [3.63, 3.8) is 0 Å². The molecule has 1 aromatic carbocycles. The van der Waals surface area contributed by atoms with Crippen molar-refractivity contribution >= 4 is 11.8 Å². The second-order valence-electron chi connectivity index (χ2n) is 4.27. The summed E-state index contributed by atoms with van der Waals surface area (Å²) in [5.74, 6) is 0. The molecule has 2 N–H and O–H groups in total. The van der Waals surface area contributed by atoms with Crippen LogP contribution in [-0.4, -0.2) is 11.3 Å². The highest BCUT2D eigenvalue weighted by Crippen LogP contribution is 2.39. The van der Waals surface area contributed by atoms with Gasteiger partial charge in [-0.1, -0.05) is 17.7 Å². The molecule has 1 aromatic rings. The van der Waals surface area contributed by atoms with E-state index < -0.39 is 0 Å². The van der Waals surface area contributed by atoms with Crippen molar-refractivity contribution in [1.82, 2.24) is 0 Å². The molecule has 0 aromatic heterocycles. The fraction of sp³-hybridized carbons (Fsp3) is 0.500. The average Bonchev–Trinajstić information content (AvgIpc) is 2.44. The van der Waals surface area contributed by atoms with Crippen molar-refractivity contribution in [2.45, 2.75) is 42.9 Å². The normalized spacial score (nSPS) is 22.1. The van der Waals surface area contributed by atoms with Gasteiger partial charge in [-0.2, -0.15) is 0 Å². The molecule has 0 aliphatic carbocycles. The van der Waals surface area contributed by atoms with Gasteiger partial charge in [-0.3, -0.25) is 0 Å². The van der Waals surface area contributed by atoms with Gasteiger partial charge in [-0.15, -0.1) is 11.8 Å². The minimum Gasteiger partial charge on any atom is -0.328 e. The molecule has 1 aliphatic heterocycles. The average molecular weight is 207 g/mol. The largest absolute Gasteiger partial charge is 0.328 e. The SMILES string of the molecule is Cc1ccc2c(c1)CC(CC(C)N)S2. The molecule has 0 bridgehead atoms. The summed E-state index contributed by atoms with van der Waals surface area (Å²) in [7, 11) is 0. The van der Waals surface area contributed by atoms with Crippen LogP contribution in [0.2, 0.25) is 0 Å². The van der Waals surface area contributed by atoms with E-state index in [9.17, 15) is 0 Å². The Bertz CT molecular complexity index is 333. The highest BCUT2D eigenvalue weighted by atomic mass is 32.2. The van der Waals surface area contributed by atoms with E-state index in [0.717, 1.165) is 6.42 Å². The fourth-order valence-electron chi connectivity index (χ4n) is 2.00. The molecule has 1 aliphatic rings. The van der Waals surface area contributed by atoms with Crippen molar-refractivity contribution in [3.05, 3.63) is 29.3 Å². The van der Waals surface area contributed by atoms with Gasteiger partial charge >= 0.3 is 0 Å². The summed E-state index contributed by atoms with van der Waals surface area (Å²) in [6.45, 7) is 4.25. The van der Waals surface area contributed by atoms with Gasteiger partial charge in [0.1, 0.15) is 0 Å². The molecule has 14 heavy (non-hydrogen) atoms. The van der Waals surface area contributed by atoms with E-state index in [1.54, 1.807) is 0 Å². The van der Waals surface area contributed by atoms with Gasteiger partial charge in [-0.25, -0.2) is 0 Å². The molecule has 2 atom stereocenters. The smallest absolute Gasteiger partial charge is 0.0150 e. The van der Waals surface area contributed by atoms with Crippen molar-refractivity contribution in [3.8, 4) is 0 Å².